The van der Waals surface area contributed by atoms with E-state index in [1.165, 1.54) is 0 Å². The monoisotopic (exact) mass is 327 g/mol. The Morgan fingerprint density at radius 2 is 1.50 bits per heavy atom. The van der Waals surface area contributed by atoms with E-state index in [2.05, 4.69) is 5.32 Å². The highest BCUT2D eigenvalue weighted by Crippen LogP contribution is 2.18. The van der Waals surface area contributed by atoms with Crippen molar-refractivity contribution in [3.8, 4) is 0 Å². The van der Waals surface area contributed by atoms with Crippen molar-refractivity contribution in [2.75, 3.05) is 0 Å². The van der Waals surface area contributed by atoms with Crippen LogP contribution in [0.3, 0.4) is 0 Å². The first-order valence-electron chi connectivity index (χ1n) is 7.78. The predicted octanol–water partition coefficient (Wildman–Crippen LogP) is 2.47. The highest BCUT2D eigenvalue weighted by molar-refractivity contribution is 5.96. The average Bonchev–Trinajstić information content (AvgIpc) is 2.59. The maximum atomic E-state index is 12.4. The second-order valence-corrected chi connectivity index (χ2v) is 5.66. The van der Waals surface area contributed by atoms with Crippen molar-refractivity contribution in [2.45, 2.75) is 32.1 Å². The van der Waals surface area contributed by atoms with Gasteiger partial charge in [0.15, 0.2) is 6.04 Å². The van der Waals surface area contributed by atoms with Crippen molar-refractivity contribution in [1.29, 1.82) is 0 Å². The largest absolute Gasteiger partial charge is 0.461 e. The maximum Gasteiger partial charge on any atom is 0.332 e. The van der Waals surface area contributed by atoms with Gasteiger partial charge in [0.05, 0.1) is 6.10 Å². The number of carbonyl (C=O) groups is 2. The van der Waals surface area contributed by atoms with E-state index in [9.17, 15) is 14.7 Å². The molecule has 0 bridgehead atoms. The van der Waals surface area contributed by atoms with Crippen molar-refractivity contribution in [1.82, 2.24) is 5.32 Å². The van der Waals surface area contributed by atoms with E-state index in [-0.39, 0.29) is 6.10 Å². The third-order valence-corrected chi connectivity index (χ3v) is 3.39. The van der Waals surface area contributed by atoms with Crippen molar-refractivity contribution in [2.24, 2.45) is 0 Å². The Morgan fingerprint density at radius 3 is 2.04 bits per heavy atom. The van der Waals surface area contributed by atoms with Crippen LogP contribution < -0.4 is 5.32 Å². The predicted molar refractivity (Wildman–Crippen MR) is 90.3 cm³/mol. The molecule has 2 aromatic rings. The second-order valence-electron chi connectivity index (χ2n) is 5.66. The molecule has 1 amide bonds. The van der Waals surface area contributed by atoms with E-state index in [0.717, 1.165) is 0 Å². The van der Waals surface area contributed by atoms with E-state index in [4.69, 9.17) is 4.74 Å². The van der Waals surface area contributed by atoms with Gasteiger partial charge in [-0.15, -0.1) is 0 Å². The third-order valence-electron chi connectivity index (χ3n) is 3.39. The zero-order valence-electron chi connectivity index (χ0n) is 13.7. The van der Waals surface area contributed by atoms with Gasteiger partial charge in [0.25, 0.3) is 5.91 Å². The Hall–Kier alpha value is -2.66. The van der Waals surface area contributed by atoms with Crippen molar-refractivity contribution in [3.63, 3.8) is 0 Å². The number of nitrogens with one attached hydrogen (secondary N) is 1. The van der Waals surface area contributed by atoms with E-state index in [0.29, 0.717) is 11.1 Å². The summed E-state index contributed by atoms with van der Waals surface area (Å²) in [4.78, 5) is 24.7. The fourth-order valence-corrected chi connectivity index (χ4v) is 2.23. The Bertz CT molecular complexity index is 670. The molecule has 5 heteroatoms. The summed E-state index contributed by atoms with van der Waals surface area (Å²) in [6, 6.07) is 16.0. The molecule has 2 aromatic carbocycles. The van der Waals surface area contributed by atoms with Crippen molar-refractivity contribution < 1.29 is 19.4 Å². The molecule has 0 aromatic heterocycles. The highest BCUT2D eigenvalue weighted by Gasteiger charge is 2.31. The molecule has 2 unspecified atom stereocenters. The number of benzene rings is 2. The lowest BCUT2D eigenvalue weighted by molar-refractivity contribution is -0.152. The molecule has 5 nitrogen and oxygen atoms in total. The van der Waals surface area contributed by atoms with Crippen LogP contribution in [0.2, 0.25) is 0 Å². The molecular weight excluding hydrogens is 306 g/mol. The summed E-state index contributed by atoms with van der Waals surface area (Å²) in [6.45, 7) is 3.42. The molecule has 2 N–H and O–H groups in total. The lowest BCUT2D eigenvalue weighted by atomic mass is 10.0. The molecular formula is C19H21NO4. The molecule has 0 saturated heterocycles. The average molecular weight is 327 g/mol. The quantitative estimate of drug-likeness (QED) is 0.799. The first-order chi connectivity index (χ1) is 11.5. The fraction of sp³-hybridized carbons (Fsp3) is 0.263. The summed E-state index contributed by atoms with van der Waals surface area (Å²) >= 11 is 0. The van der Waals surface area contributed by atoms with Gasteiger partial charge < -0.3 is 15.2 Å². The van der Waals surface area contributed by atoms with E-state index in [1.807, 2.05) is 0 Å². The SMILES string of the molecule is CC(C)OC(=O)C(NC(=O)c1ccccc1)C(O)c1ccccc1. The molecule has 0 aliphatic rings. The Labute approximate surface area is 141 Å². The molecule has 0 fully saturated rings. The van der Waals surface area contributed by atoms with Crippen molar-refractivity contribution >= 4 is 11.9 Å². The maximum absolute atomic E-state index is 12.4. The number of hydrogen-bond donors (Lipinski definition) is 2. The van der Waals surface area contributed by atoms with Crippen LogP contribution in [-0.2, 0) is 9.53 Å². The van der Waals surface area contributed by atoms with Gasteiger partial charge >= 0.3 is 5.97 Å². The van der Waals surface area contributed by atoms with Crippen LogP contribution in [0.4, 0.5) is 0 Å². The van der Waals surface area contributed by atoms with Gasteiger partial charge in [-0.2, -0.15) is 0 Å². The molecule has 0 radical (unpaired) electrons. The highest BCUT2D eigenvalue weighted by atomic mass is 16.5. The van der Waals surface area contributed by atoms with E-state index < -0.39 is 24.0 Å². The normalized spacial score (nSPS) is 13.2. The summed E-state index contributed by atoms with van der Waals surface area (Å²) in [6.07, 6.45) is -1.55. The lowest BCUT2D eigenvalue weighted by Gasteiger charge is -2.24. The molecule has 0 saturated carbocycles. The summed E-state index contributed by atoms with van der Waals surface area (Å²) < 4.78 is 5.18. The van der Waals surface area contributed by atoms with Crippen LogP contribution in [0, 0.1) is 0 Å². The second kappa shape index (κ2) is 8.26. The number of rotatable bonds is 6. The van der Waals surface area contributed by atoms with Crippen LogP contribution in [0.5, 0.6) is 0 Å². The van der Waals surface area contributed by atoms with Gasteiger partial charge in [-0.05, 0) is 31.5 Å². The molecule has 2 rings (SSSR count). The van der Waals surface area contributed by atoms with Gasteiger partial charge in [-0.3, -0.25) is 4.79 Å². The Morgan fingerprint density at radius 1 is 0.958 bits per heavy atom. The molecule has 24 heavy (non-hydrogen) atoms. The zero-order chi connectivity index (χ0) is 17.5. The molecule has 0 heterocycles. The topological polar surface area (TPSA) is 75.6 Å². The Balaban J connectivity index is 2.22. The van der Waals surface area contributed by atoms with Gasteiger partial charge in [0, 0.05) is 5.56 Å². The summed E-state index contributed by atoms with van der Waals surface area (Å²) in [7, 11) is 0. The number of esters is 1. The van der Waals surface area contributed by atoms with Gasteiger partial charge in [-0.1, -0.05) is 48.5 Å². The number of amides is 1. The minimum Gasteiger partial charge on any atom is -0.461 e. The lowest BCUT2D eigenvalue weighted by Crippen LogP contribution is -2.46. The summed E-state index contributed by atoms with van der Waals surface area (Å²) in [5.41, 5.74) is 0.927. The summed E-state index contributed by atoms with van der Waals surface area (Å²) in [5, 5.41) is 13.1. The standard InChI is InChI=1S/C19H21NO4/c1-13(2)24-19(23)16(17(21)14-9-5-3-6-10-14)20-18(22)15-11-7-4-8-12-15/h3-13,16-17,21H,1-2H3,(H,20,22). The molecule has 0 spiro atoms. The first-order valence-corrected chi connectivity index (χ1v) is 7.78. The fourth-order valence-electron chi connectivity index (χ4n) is 2.23. The Kier molecular flexibility index (Phi) is 6.09. The smallest absolute Gasteiger partial charge is 0.332 e. The number of aliphatic hydroxyl groups excluding tert-OH is 1. The van der Waals surface area contributed by atoms with Crippen LogP contribution in [0.15, 0.2) is 60.7 Å². The minimum atomic E-state index is -1.20. The van der Waals surface area contributed by atoms with Gasteiger partial charge in [-0.25, -0.2) is 4.79 Å². The van der Waals surface area contributed by atoms with E-state index in [1.54, 1.807) is 74.5 Å². The molecule has 0 aliphatic heterocycles. The molecule has 126 valence electrons. The number of hydrogen-bond acceptors (Lipinski definition) is 4. The first kappa shape index (κ1) is 17.7. The van der Waals surface area contributed by atoms with E-state index >= 15 is 0 Å². The third kappa shape index (κ3) is 4.67. The van der Waals surface area contributed by atoms with Crippen LogP contribution in [0.25, 0.3) is 0 Å². The van der Waals surface area contributed by atoms with Crippen LogP contribution in [0.1, 0.15) is 35.9 Å². The van der Waals surface area contributed by atoms with Crippen molar-refractivity contribution in [3.05, 3.63) is 71.8 Å². The van der Waals surface area contributed by atoms with Crippen LogP contribution in [-0.4, -0.2) is 29.1 Å². The van der Waals surface area contributed by atoms with Gasteiger partial charge in [0.2, 0.25) is 0 Å². The number of carbonyl (C=O) groups excluding carboxylic acids is 2. The zero-order valence-corrected chi connectivity index (χ0v) is 13.7. The number of aliphatic hydroxyl groups is 1. The number of ether oxygens (including phenoxy) is 1. The summed E-state index contributed by atoms with van der Waals surface area (Å²) in [5.74, 6) is -1.12. The van der Waals surface area contributed by atoms with Gasteiger partial charge in [0.1, 0.15) is 6.10 Å². The van der Waals surface area contributed by atoms with Crippen LogP contribution >= 0.6 is 0 Å². The molecule has 0 aliphatic carbocycles. The molecule has 2 atom stereocenters. The minimum absolute atomic E-state index is 0.350.